The summed E-state index contributed by atoms with van der Waals surface area (Å²) < 4.78 is 39.0. The topological polar surface area (TPSA) is 32.3 Å². The van der Waals surface area contributed by atoms with Crippen LogP contribution in [0.3, 0.4) is 0 Å². The van der Waals surface area contributed by atoms with E-state index in [9.17, 15) is 18.3 Å². The lowest BCUT2D eigenvalue weighted by Gasteiger charge is -2.19. The molecule has 1 atom stereocenters. The molecule has 0 spiro atoms. The van der Waals surface area contributed by atoms with E-state index < -0.39 is 17.8 Å². The molecular formula is C15H13BrF3NO. The number of rotatable bonds is 4. The van der Waals surface area contributed by atoms with Gasteiger partial charge in [0.15, 0.2) is 0 Å². The Labute approximate surface area is 128 Å². The monoisotopic (exact) mass is 359 g/mol. The van der Waals surface area contributed by atoms with Gasteiger partial charge in [-0.3, -0.25) is 0 Å². The zero-order valence-corrected chi connectivity index (χ0v) is 12.4. The van der Waals surface area contributed by atoms with Gasteiger partial charge in [-0.1, -0.05) is 34.1 Å². The Bertz CT molecular complexity index is 616. The Morgan fingerprint density at radius 2 is 1.81 bits per heavy atom. The summed E-state index contributed by atoms with van der Waals surface area (Å²) in [6.45, 7) is -0.312. The quantitative estimate of drug-likeness (QED) is 0.835. The molecule has 0 saturated carbocycles. The van der Waals surface area contributed by atoms with Crippen molar-refractivity contribution in [1.82, 2.24) is 0 Å². The Morgan fingerprint density at radius 1 is 1.10 bits per heavy atom. The second-order valence-electron chi connectivity index (χ2n) is 4.51. The van der Waals surface area contributed by atoms with E-state index in [0.29, 0.717) is 11.3 Å². The first-order valence-corrected chi connectivity index (χ1v) is 6.99. The number of aliphatic hydroxyl groups is 1. The van der Waals surface area contributed by atoms with Crippen molar-refractivity contribution in [3.05, 3.63) is 64.1 Å². The van der Waals surface area contributed by atoms with Crippen LogP contribution in [0.4, 0.5) is 18.9 Å². The van der Waals surface area contributed by atoms with E-state index in [1.54, 1.807) is 24.3 Å². The number of aliphatic hydroxyl groups excluding tert-OH is 1. The summed E-state index contributed by atoms with van der Waals surface area (Å²) in [7, 11) is 0. The molecule has 0 aliphatic carbocycles. The van der Waals surface area contributed by atoms with Crippen LogP contribution in [0.25, 0.3) is 0 Å². The third-order valence-electron chi connectivity index (χ3n) is 2.96. The van der Waals surface area contributed by atoms with Crippen molar-refractivity contribution in [2.45, 2.75) is 12.2 Å². The number of nitrogens with one attached hydrogen (secondary N) is 1. The van der Waals surface area contributed by atoms with E-state index in [2.05, 4.69) is 21.2 Å². The number of alkyl halides is 3. The van der Waals surface area contributed by atoms with Crippen molar-refractivity contribution in [2.24, 2.45) is 0 Å². The van der Waals surface area contributed by atoms with E-state index >= 15 is 0 Å². The second kappa shape index (κ2) is 6.49. The Morgan fingerprint density at radius 3 is 2.43 bits per heavy atom. The normalized spacial score (nSPS) is 13.0. The Hall–Kier alpha value is -1.53. The van der Waals surface area contributed by atoms with Gasteiger partial charge in [-0.05, 0) is 35.9 Å². The summed E-state index contributed by atoms with van der Waals surface area (Å²) in [5, 5.41) is 12.5. The minimum Gasteiger partial charge on any atom is -0.394 e. The molecule has 1 unspecified atom stereocenters. The molecule has 0 amide bonds. The van der Waals surface area contributed by atoms with Gasteiger partial charge < -0.3 is 10.4 Å². The van der Waals surface area contributed by atoms with Gasteiger partial charge in [0.1, 0.15) is 0 Å². The lowest BCUT2D eigenvalue weighted by molar-refractivity contribution is -0.137. The van der Waals surface area contributed by atoms with Crippen LogP contribution in [0, 0.1) is 0 Å². The zero-order chi connectivity index (χ0) is 15.5. The molecule has 2 aromatic carbocycles. The molecule has 0 heterocycles. The molecule has 2 rings (SSSR count). The molecule has 0 bridgehead atoms. The molecular weight excluding hydrogens is 347 g/mol. The lowest BCUT2D eigenvalue weighted by atomic mass is 10.0. The maximum absolute atomic E-state index is 12.7. The maximum Gasteiger partial charge on any atom is 0.416 e. The van der Waals surface area contributed by atoms with Crippen LogP contribution in [0.5, 0.6) is 0 Å². The summed E-state index contributed by atoms with van der Waals surface area (Å²) in [5.74, 6) is 0. The number of benzene rings is 2. The Kier molecular flexibility index (Phi) is 4.90. The summed E-state index contributed by atoms with van der Waals surface area (Å²) in [4.78, 5) is 0. The van der Waals surface area contributed by atoms with E-state index in [1.165, 1.54) is 6.07 Å². The lowest BCUT2D eigenvalue weighted by Crippen LogP contribution is -2.16. The molecule has 0 fully saturated rings. The van der Waals surface area contributed by atoms with Crippen molar-refractivity contribution < 1.29 is 18.3 Å². The molecule has 6 heteroatoms. The molecule has 0 saturated heterocycles. The average molecular weight is 360 g/mol. The van der Waals surface area contributed by atoms with Crippen LogP contribution in [0.1, 0.15) is 17.2 Å². The van der Waals surface area contributed by atoms with Crippen molar-refractivity contribution in [3.8, 4) is 0 Å². The van der Waals surface area contributed by atoms with Gasteiger partial charge in [0.2, 0.25) is 0 Å². The summed E-state index contributed by atoms with van der Waals surface area (Å²) in [6.07, 6.45) is -4.40. The fraction of sp³-hybridized carbons (Fsp3) is 0.200. The third-order valence-corrected chi connectivity index (χ3v) is 3.46. The zero-order valence-electron chi connectivity index (χ0n) is 10.9. The van der Waals surface area contributed by atoms with Gasteiger partial charge in [0, 0.05) is 10.2 Å². The van der Waals surface area contributed by atoms with E-state index in [0.717, 1.165) is 16.6 Å². The van der Waals surface area contributed by atoms with Crippen molar-refractivity contribution in [1.29, 1.82) is 0 Å². The molecule has 0 aliphatic rings. The van der Waals surface area contributed by atoms with Crippen LogP contribution in [0.2, 0.25) is 0 Å². The molecule has 21 heavy (non-hydrogen) atoms. The number of hydrogen-bond acceptors (Lipinski definition) is 2. The fourth-order valence-electron chi connectivity index (χ4n) is 1.95. The van der Waals surface area contributed by atoms with Crippen molar-refractivity contribution in [3.63, 3.8) is 0 Å². The molecule has 2 aromatic rings. The van der Waals surface area contributed by atoms with Gasteiger partial charge in [-0.2, -0.15) is 13.2 Å². The van der Waals surface area contributed by atoms with Gasteiger partial charge in [0.25, 0.3) is 0 Å². The van der Waals surface area contributed by atoms with Crippen LogP contribution in [0.15, 0.2) is 53.0 Å². The Balaban J connectivity index is 2.25. The van der Waals surface area contributed by atoms with Gasteiger partial charge >= 0.3 is 6.18 Å². The molecule has 2 N–H and O–H groups in total. The fourth-order valence-corrected chi connectivity index (χ4v) is 2.34. The molecule has 0 radical (unpaired) electrons. The standard InChI is InChI=1S/C15H13BrF3NO/c16-12-5-2-6-13(8-12)20-14(9-21)10-3-1-4-11(7-10)15(17,18)19/h1-8,14,20-21H,9H2. The number of anilines is 1. The van der Waals surface area contributed by atoms with E-state index in [-0.39, 0.29) is 6.61 Å². The number of hydrogen-bond donors (Lipinski definition) is 2. The van der Waals surface area contributed by atoms with Crippen molar-refractivity contribution in [2.75, 3.05) is 11.9 Å². The summed E-state index contributed by atoms with van der Waals surface area (Å²) in [6, 6.07) is 11.5. The SMILES string of the molecule is OCC(Nc1cccc(Br)c1)c1cccc(C(F)(F)F)c1. The number of halogens is 4. The van der Waals surface area contributed by atoms with E-state index in [4.69, 9.17) is 0 Å². The minimum absolute atomic E-state index is 0.312. The smallest absolute Gasteiger partial charge is 0.394 e. The van der Waals surface area contributed by atoms with Crippen LogP contribution < -0.4 is 5.32 Å². The molecule has 0 aromatic heterocycles. The highest BCUT2D eigenvalue weighted by Gasteiger charge is 2.30. The minimum atomic E-state index is -4.40. The highest BCUT2D eigenvalue weighted by molar-refractivity contribution is 9.10. The first-order chi connectivity index (χ1) is 9.90. The summed E-state index contributed by atoms with van der Waals surface area (Å²) >= 11 is 3.32. The first kappa shape index (κ1) is 15.9. The van der Waals surface area contributed by atoms with Gasteiger partial charge in [0.05, 0.1) is 18.2 Å². The average Bonchev–Trinajstić information content (AvgIpc) is 2.44. The van der Waals surface area contributed by atoms with Crippen LogP contribution >= 0.6 is 15.9 Å². The predicted octanol–water partition coefficient (Wildman–Crippen LogP) is 4.61. The molecule has 2 nitrogen and oxygen atoms in total. The first-order valence-electron chi connectivity index (χ1n) is 6.20. The van der Waals surface area contributed by atoms with Crippen LogP contribution in [-0.4, -0.2) is 11.7 Å². The van der Waals surface area contributed by atoms with Gasteiger partial charge in [-0.25, -0.2) is 0 Å². The maximum atomic E-state index is 12.7. The van der Waals surface area contributed by atoms with Crippen molar-refractivity contribution >= 4 is 21.6 Å². The third kappa shape index (κ3) is 4.22. The molecule has 112 valence electrons. The highest BCUT2D eigenvalue weighted by Crippen LogP contribution is 2.31. The second-order valence-corrected chi connectivity index (χ2v) is 5.43. The molecule has 0 aliphatic heterocycles. The summed E-state index contributed by atoms with van der Waals surface area (Å²) in [5.41, 5.74) is 0.364. The highest BCUT2D eigenvalue weighted by atomic mass is 79.9. The predicted molar refractivity (Wildman–Crippen MR) is 79.0 cm³/mol. The van der Waals surface area contributed by atoms with Gasteiger partial charge in [-0.15, -0.1) is 0 Å². The van der Waals surface area contributed by atoms with E-state index in [1.807, 2.05) is 6.07 Å². The largest absolute Gasteiger partial charge is 0.416 e. The van der Waals surface area contributed by atoms with Crippen LogP contribution in [-0.2, 0) is 6.18 Å².